The lowest BCUT2D eigenvalue weighted by molar-refractivity contribution is -0.136. The first-order valence-corrected chi connectivity index (χ1v) is 12.7. The van der Waals surface area contributed by atoms with Crippen molar-refractivity contribution in [2.45, 2.75) is 45.1 Å². The highest BCUT2D eigenvalue weighted by Gasteiger charge is 2.39. The monoisotopic (exact) mass is 527 g/mol. The highest BCUT2D eigenvalue weighted by molar-refractivity contribution is 6.05. The zero-order valence-electron chi connectivity index (χ0n) is 21.2. The maximum absolute atomic E-state index is 12.8. The summed E-state index contributed by atoms with van der Waals surface area (Å²) in [5.74, 6) is -0.310. The first kappa shape index (κ1) is 25.9. The molecule has 1 atom stereocenters. The molecule has 10 heteroatoms. The number of anilines is 1. The van der Waals surface area contributed by atoms with Gasteiger partial charge in [-0.25, -0.2) is 4.79 Å². The van der Waals surface area contributed by atoms with E-state index in [1.165, 1.54) is 4.90 Å². The second-order valence-corrected chi connectivity index (χ2v) is 9.54. The molecule has 2 heterocycles. The zero-order valence-corrected chi connectivity index (χ0v) is 21.2. The van der Waals surface area contributed by atoms with Crippen LogP contribution in [0.3, 0.4) is 0 Å². The normalized spacial score (nSPS) is 16.5. The van der Waals surface area contributed by atoms with Gasteiger partial charge in [0, 0.05) is 37.3 Å². The van der Waals surface area contributed by atoms with E-state index in [1.807, 2.05) is 30.3 Å². The Morgan fingerprint density at radius 3 is 2.56 bits per heavy atom. The molecule has 1 fully saturated rings. The molecule has 0 bridgehead atoms. The molecule has 3 aromatic carbocycles. The van der Waals surface area contributed by atoms with Gasteiger partial charge in [0.25, 0.3) is 5.91 Å². The topological polar surface area (TPSA) is 143 Å². The average molecular weight is 528 g/mol. The van der Waals surface area contributed by atoms with Crippen molar-refractivity contribution < 1.29 is 23.9 Å². The van der Waals surface area contributed by atoms with Crippen molar-refractivity contribution in [2.24, 2.45) is 5.73 Å². The van der Waals surface area contributed by atoms with Crippen LogP contribution in [0.25, 0.3) is 0 Å². The standard InChI is InChI=1S/C29H29N5O5/c30-14-18-2-1-3-20(12-18)17-39-23-7-5-22(6-8-23)32-29(38)31-15-19-4-9-24-21(13-19)16-34(28(24)37)25-10-11-26(35)33-27(25)36/h1-9,12-13,25H,10-11,14-17,30H2,(H2,31,32,38)(H,33,35,36). The number of hydrogen-bond acceptors (Lipinski definition) is 6. The van der Waals surface area contributed by atoms with Crippen molar-refractivity contribution >= 4 is 29.4 Å². The van der Waals surface area contributed by atoms with Gasteiger partial charge in [-0.3, -0.25) is 19.7 Å². The maximum Gasteiger partial charge on any atom is 0.319 e. The van der Waals surface area contributed by atoms with E-state index in [-0.39, 0.29) is 37.4 Å². The van der Waals surface area contributed by atoms with Crippen molar-refractivity contribution in [1.29, 1.82) is 0 Å². The number of nitrogens with two attached hydrogens (primary N) is 1. The fourth-order valence-electron chi connectivity index (χ4n) is 4.74. The molecule has 0 aromatic heterocycles. The van der Waals surface area contributed by atoms with E-state index in [2.05, 4.69) is 16.0 Å². The third-order valence-corrected chi connectivity index (χ3v) is 6.79. The lowest BCUT2D eigenvalue weighted by Gasteiger charge is -2.29. The third kappa shape index (κ3) is 6.07. The van der Waals surface area contributed by atoms with Crippen LogP contribution in [0, 0.1) is 0 Å². The van der Waals surface area contributed by atoms with Gasteiger partial charge in [-0.2, -0.15) is 0 Å². The third-order valence-electron chi connectivity index (χ3n) is 6.79. The molecule has 2 aliphatic heterocycles. The van der Waals surface area contributed by atoms with Gasteiger partial charge < -0.3 is 26.0 Å². The Hall–Kier alpha value is -4.70. The van der Waals surface area contributed by atoms with Crippen LogP contribution in [0.2, 0.25) is 0 Å². The Kier molecular flexibility index (Phi) is 7.55. The number of nitrogens with zero attached hydrogens (tertiary/aromatic N) is 1. The number of urea groups is 1. The number of carbonyl (C=O) groups excluding carboxylic acids is 4. The molecule has 10 nitrogen and oxygen atoms in total. The number of fused-ring (bicyclic) bond motifs is 1. The molecule has 5 amide bonds. The van der Waals surface area contributed by atoms with Crippen LogP contribution in [-0.2, 0) is 35.8 Å². The quantitative estimate of drug-likeness (QED) is 0.332. The molecule has 0 spiro atoms. The van der Waals surface area contributed by atoms with E-state index in [0.29, 0.717) is 36.6 Å². The maximum atomic E-state index is 12.8. The number of amides is 5. The molecule has 2 aliphatic rings. The minimum atomic E-state index is -0.658. The summed E-state index contributed by atoms with van der Waals surface area (Å²) in [5, 5.41) is 7.91. The molecule has 5 N–H and O–H groups in total. The van der Waals surface area contributed by atoms with Crippen molar-refractivity contribution in [3.05, 3.63) is 94.5 Å². The first-order valence-electron chi connectivity index (χ1n) is 12.7. The van der Waals surface area contributed by atoms with E-state index in [1.54, 1.807) is 36.4 Å². The van der Waals surface area contributed by atoms with Crippen LogP contribution in [0.15, 0.2) is 66.7 Å². The summed E-state index contributed by atoms with van der Waals surface area (Å²) in [6.45, 7) is 1.44. The molecule has 1 unspecified atom stereocenters. The number of rotatable bonds is 8. The van der Waals surface area contributed by atoms with Gasteiger partial charge in [-0.05, 0) is 59.0 Å². The molecule has 0 saturated carbocycles. The summed E-state index contributed by atoms with van der Waals surface area (Å²) in [6.07, 6.45) is 0.523. The van der Waals surface area contributed by atoms with Gasteiger partial charge in [0.2, 0.25) is 11.8 Å². The number of benzene rings is 3. The summed E-state index contributed by atoms with van der Waals surface area (Å²) in [5.41, 5.74) is 10.5. The molecule has 39 heavy (non-hydrogen) atoms. The van der Waals surface area contributed by atoms with Crippen molar-refractivity contribution in [1.82, 2.24) is 15.5 Å². The fourth-order valence-corrected chi connectivity index (χ4v) is 4.74. The molecular formula is C29H29N5O5. The number of imide groups is 1. The van der Waals surface area contributed by atoms with E-state index in [0.717, 1.165) is 22.3 Å². The average Bonchev–Trinajstić information content (AvgIpc) is 3.27. The second-order valence-electron chi connectivity index (χ2n) is 9.54. The van der Waals surface area contributed by atoms with Gasteiger partial charge in [0.1, 0.15) is 18.4 Å². The number of piperidine rings is 1. The van der Waals surface area contributed by atoms with Gasteiger partial charge in [-0.1, -0.05) is 36.4 Å². The minimum Gasteiger partial charge on any atom is -0.489 e. The molecule has 0 aliphatic carbocycles. The molecule has 1 saturated heterocycles. The van der Waals surface area contributed by atoms with Gasteiger partial charge in [0.15, 0.2) is 0 Å². The molecule has 200 valence electrons. The highest BCUT2D eigenvalue weighted by atomic mass is 16.5. The van der Waals surface area contributed by atoms with Crippen LogP contribution in [0.4, 0.5) is 10.5 Å². The van der Waals surface area contributed by atoms with Crippen LogP contribution >= 0.6 is 0 Å². The Balaban J connectivity index is 1.11. The summed E-state index contributed by atoms with van der Waals surface area (Å²) in [7, 11) is 0. The first-order chi connectivity index (χ1) is 18.9. The van der Waals surface area contributed by atoms with Crippen molar-refractivity contribution in [3.63, 3.8) is 0 Å². The summed E-state index contributed by atoms with van der Waals surface area (Å²) < 4.78 is 5.82. The smallest absolute Gasteiger partial charge is 0.319 e. The van der Waals surface area contributed by atoms with E-state index in [4.69, 9.17) is 10.5 Å². The van der Waals surface area contributed by atoms with Crippen LogP contribution in [0.1, 0.15) is 45.5 Å². The largest absolute Gasteiger partial charge is 0.489 e. The second kappa shape index (κ2) is 11.4. The predicted molar refractivity (Wildman–Crippen MR) is 143 cm³/mol. The molecule has 5 rings (SSSR count). The van der Waals surface area contributed by atoms with Gasteiger partial charge >= 0.3 is 6.03 Å². The Morgan fingerprint density at radius 2 is 1.79 bits per heavy atom. The van der Waals surface area contributed by atoms with E-state index in [9.17, 15) is 19.2 Å². The SMILES string of the molecule is NCc1cccc(COc2ccc(NC(=O)NCc3ccc4c(c3)CN(C3CCC(=O)NC3=O)C4=O)cc2)c1. The lowest BCUT2D eigenvalue weighted by Crippen LogP contribution is -2.52. The Labute approximate surface area is 225 Å². The van der Waals surface area contributed by atoms with Crippen molar-refractivity contribution in [2.75, 3.05) is 5.32 Å². The number of ether oxygens (including phenoxy) is 1. The van der Waals surface area contributed by atoms with Gasteiger partial charge in [0.05, 0.1) is 0 Å². The van der Waals surface area contributed by atoms with E-state index < -0.39 is 11.9 Å². The highest BCUT2D eigenvalue weighted by Crippen LogP contribution is 2.28. The van der Waals surface area contributed by atoms with Crippen LogP contribution < -0.4 is 26.4 Å². The number of nitrogens with one attached hydrogen (secondary N) is 3. The van der Waals surface area contributed by atoms with E-state index >= 15 is 0 Å². The van der Waals surface area contributed by atoms with Crippen molar-refractivity contribution in [3.8, 4) is 5.75 Å². The number of hydrogen-bond donors (Lipinski definition) is 4. The molecule has 3 aromatic rings. The minimum absolute atomic E-state index is 0.209. The number of carbonyl (C=O) groups is 4. The molecular weight excluding hydrogens is 498 g/mol. The van der Waals surface area contributed by atoms with Crippen LogP contribution in [0.5, 0.6) is 5.75 Å². The summed E-state index contributed by atoms with van der Waals surface area (Å²) in [6, 6.07) is 19.3. The van der Waals surface area contributed by atoms with Crippen LogP contribution in [-0.4, -0.2) is 34.7 Å². The fraction of sp³-hybridized carbons (Fsp3) is 0.241. The summed E-state index contributed by atoms with van der Waals surface area (Å²) >= 11 is 0. The summed E-state index contributed by atoms with van der Waals surface area (Å²) in [4.78, 5) is 50.5. The zero-order chi connectivity index (χ0) is 27.4. The van der Waals surface area contributed by atoms with Gasteiger partial charge in [-0.15, -0.1) is 0 Å². The Morgan fingerprint density at radius 1 is 1.00 bits per heavy atom. The lowest BCUT2D eigenvalue weighted by atomic mass is 10.0. The predicted octanol–water partition coefficient (Wildman–Crippen LogP) is 2.81. The molecule has 0 radical (unpaired) electrons. The Bertz CT molecular complexity index is 1420.